The summed E-state index contributed by atoms with van der Waals surface area (Å²) in [6, 6.07) is 16.6. The van der Waals surface area contributed by atoms with Crippen LogP contribution in [0.4, 0.5) is 10.1 Å². The van der Waals surface area contributed by atoms with E-state index in [2.05, 4.69) is 33.0 Å². The van der Waals surface area contributed by atoms with Crippen LogP contribution in [0.3, 0.4) is 0 Å². The number of anilines is 1. The van der Waals surface area contributed by atoms with Gasteiger partial charge in [0.05, 0.1) is 27.3 Å². The molecule has 1 aliphatic rings. The number of hydrogen-bond donors (Lipinski definition) is 1. The normalized spacial score (nSPS) is 13.9. The van der Waals surface area contributed by atoms with Gasteiger partial charge in [0, 0.05) is 11.6 Å². The molecule has 0 spiro atoms. The second-order valence-electron chi connectivity index (χ2n) is 9.79. The van der Waals surface area contributed by atoms with Gasteiger partial charge in [0.1, 0.15) is 11.6 Å². The molecule has 0 atom stereocenters. The van der Waals surface area contributed by atoms with E-state index in [0.29, 0.717) is 49.7 Å². The standard InChI is InChI=1S/C31H30FIN4O4/c1-2-40-27-16-20(15-25(33)29(27)41-19-28(38)35-23-12-8-11-22(32)17-23)18-34-37-30(21-9-4-3-5-10-21)36-26-14-7-6-13-24(26)31(37)39/h6-8,11-18,21H,2-5,9-10,19H2,1H3,(H,35,38). The Bertz CT molecular complexity index is 1650. The molecule has 1 heterocycles. The van der Waals surface area contributed by atoms with Crippen molar-refractivity contribution in [2.45, 2.75) is 44.9 Å². The van der Waals surface area contributed by atoms with Gasteiger partial charge >= 0.3 is 0 Å². The molecule has 10 heteroatoms. The molecule has 1 fully saturated rings. The molecule has 1 aromatic heterocycles. The molecule has 41 heavy (non-hydrogen) atoms. The van der Waals surface area contributed by atoms with Gasteiger partial charge in [-0.2, -0.15) is 9.78 Å². The number of nitrogens with zero attached hydrogens (tertiary/aromatic N) is 3. The van der Waals surface area contributed by atoms with Crippen LogP contribution in [0.5, 0.6) is 11.5 Å². The number of nitrogens with one attached hydrogen (secondary N) is 1. The molecule has 5 rings (SSSR count). The minimum Gasteiger partial charge on any atom is -0.490 e. The lowest BCUT2D eigenvalue weighted by Crippen LogP contribution is -2.25. The molecule has 1 aliphatic carbocycles. The predicted octanol–water partition coefficient (Wildman–Crippen LogP) is 6.49. The number of aromatic nitrogens is 2. The number of hydrogen-bond acceptors (Lipinski definition) is 6. The smallest absolute Gasteiger partial charge is 0.282 e. The fourth-order valence-electron chi connectivity index (χ4n) is 4.97. The number of ether oxygens (including phenoxy) is 2. The Labute approximate surface area is 250 Å². The second-order valence-corrected chi connectivity index (χ2v) is 11.0. The molecule has 1 saturated carbocycles. The third-order valence-electron chi connectivity index (χ3n) is 6.86. The topological polar surface area (TPSA) is 94.8 Å². The zero-order chi connectivity index (χ0) is 28.8. The largest absolute Gasteiger partial charge is 0.490 e. The van der Waals surface area contributed by atoms with Gasteiger partial charge in [-0.25, -0.2) is 9.37 Å². The lowest BCUT2D eigenvalue weighted by Gasteiger charge is -2.22. The molecule has 212 valence electrons. The van der Waals surface area contributed by atoms with Crippen LogP contribution in [0.25, 0.3) is 10.9 Å². The average molecular weight is 669 g/mol. The van der Waals surface area contributed by atoms with Gasteiger partial charge in [0.25, 0.3) is 11.5 Å². The first-order valence-electron chi connectivity index (χ1n) is 13.6. The van der Waals surface area contributed by atoms with Crippen molar-refractivity contribution in [2.24, 2.45) is 5.10 Å². The maximum absolute atomic E-state index is 13.5. The molecular weight excluding hydrogens is 638 g/mol. The minimum absolute atomic E-state index is 0.173. The Hall–Kier alpha value is -3.80. The van der Waals surface area contributed by atoms with Crippen molar-refractivity contribution in [1.82, 2.24) is 9.66 Å². The predicted molar refractivity (Wildman–Crippen MR) is 166 cm³/mol. The molecular formula is C31H30FIN4O4. The number of amides is 1. The third kappa shape index (κ3) is 6.92. The summed E-state index contributed by atoms with van der Waals surface area (Å²) in [7, 11) is 0. The van der Waals surface area contributed by atoms with Gasteiger partial charge in [-0.3, -0.25) is 9.59 Å². The lowest BCUT2D eigenvalue weighted by molar-refractivity contribution is -0.118. The van der Waals surface area contributed by atoms with Gasteiger partial charge in [0.2, 0.25) is 0 Å². The van der Waals surface area contributed by atoms with Gasteiger partial charge < -0.3 is 14.8 Å². The number of carbonyl (C=O) groups excluding carboxylic acids is 1. The Morgan fingerprint density at radius 3 is 2.71 bits per heavy atom. The number of fused-ring (bicyclic) bond motifs is 1. The van der Waals surface area contributed by atoms with Crippen LogP contribution >= 0.6 is 22.6 Å². The molecule has 0 saturated heterocycles. The number of rotatable bonds is 9. The molecule has 1 amide bonds. The Kier molecular flexibility index (Phi) is 9.28. The fourth-order valence-corrected chi connectivity index (χ4v) is 5.75. The fraction of sp³-hybridized carbons (Fsp3) is 0.290. The molecule has 0 radical (unpaired) electrons. The van der Waals surface area contributed by atoms with E-state index in [1.54, 1.807) is 24.4 Å². The van der Waals surface area contributed by atoms with Crippen molar-refractivity contribution in [3.63, 3.8) is 0 Å². The van der Waals surface area contributed by atoms with E-state index in [1.165, 1.54) is 29.3 Å². The van der Waals surface area contributed by atoms with Crippen LogP contribution in [0, 0.1) is 9.39 Å². The SMILES string of the molecule is CCOc1cc(C=Nn2c(C3CCCCC3)nc3ccccc3c2=O)cc(I)c1OCC(=O)Nc1cccc(F)c1. The van der Waals surface area contributed by atoms with Crippen LogP contribution in [-0.2, 0) is 4.79 Å². The van der Waals surface area contributed by atoms with E-state index in [-0.39, 0.29) is 18.1 Å². The highest BCUT2D eigenvalue weighted by Crippen LogP contribution is 2.34. The molecule has 4 aromatic rings. The number of benzene rings is 3. The molecule has 0 bridgehead atoms. The van der Waals surface area contributed by atoms with Crippen molar-refractivity contribution in [3.8, 4) is 11.5 Å². The van der Waals surface area contributed by atoms with Crippen molar-refractivity contribution in [1.29, 1.82) is 0 Å². The summed E-state index contributed by atoms with van der Waals surface area (Å²) in [5.74, 6) is 0.835. The van der Waals surface area contributed by atoms with Crippen molar-refractivity contribution < 1.29 is 18.7 Å². The van der Waals surface area contributed by atoms with Crippen LogP contribution < -0.4 is 20.3 Å². The minimum atomic E-state index is -0.443. The Morgan fingerprint density at radius 1 is 1.12 bits per heavy atom. The molecule has 1 N–H and O–H groups in total. The van der Waals surface area contributed by atoms with Crippen LogP contribution in [0.2, 0.25) is 0 Å². The highest BCUT2D eigenvalue weighted by molar-refractivity contribution is 14.1. The number of halogens is 2. The molecule has 3 aromatic carbocycles. The number of carbonyl (C=O) groups is 1. The third-order valence-corrected chi connectivity index (χ3v) is 7.66. The highest BCUT2D eigenvalue weighted by Gasteiger charge is 2.22. The molecule has 8 nitrogen and oxygen atoms in total. The van der Waals surface area contributed by atoms with Gasteiger partial charge in [-0.1, -0.05) is 37.5 Å². The van der Waals surface area contributed by atoms with Crippen LogP contribution in [-0.4, -0.2) is 35.0 Å². The monoisotopic (exact) mass is 668 g/mol. The maximum Gasteiger partial charge on any atom is 0.282 e. The first-order valence-corrected chi connectivity index (χ1v) is 14.7. The van der Waals surface area contributed by atoms with Crippen molar-refractivity contribution in [3.05, 3.63) is 91.8 Å². The Morgan fingerprint density at radius 2 is 1.93 bits per heavy atom. The summed E-state index contributed by atoms with van der Waals surface area (Å²) in [5.41, 5.74) is 1.53. The van der Waals surface area contributed by atoms with Crippen LogP contribution in [0.15, 0.2) is 70.6 Å². The van der Waals surface area contributed by atoms with Gasteiger partial charge in [-0.15, -0.1) is 0 Å². The molecule has 0 unspecified atom stereocenters. The lowest BCUT2D eigenvalue weighted by atomic mass is 9.88. The summed E-state index contributed by atoms with van der Waals surface area (Å²) in [4.78, 5) is 30.8. The first-order chi connectivity index (χ1) is 19.9. The summed E-state index contributed by atoms with van der Waals surface area (Å²) < 4.78 is 27.2. The molecule has 0 aliphatic heterocycles. The van der Waals surface area contributed by atoms with Gasteiger partial charge in [0.15, 0.2) is 18.1 Å². The van der Waals surface area contributed by atoms with E-state index in [9.17, 15) is 14.0 Å². The van der Waals surface area contributed by atoms with Crippen LogP contribution in [0.1, 0.15) is 56.3 Å². The van der Waals surface area contributed by atoms with E-state index < -0.39 is 11.7 Å². The summed E-state index contributed by atoms with van der Waals surface area (Å²) in [6.07, 6.45) is 6.98. The quantitative estimate of drug-likeness (QED) is 0.163. The van der Waals surface area contributed by atoms with E-state index in [1.807, 2.05) is 31.2 Å². The van der Waals surface area contributed by atoms with E-state index >= 15 is 0 Å². The summed E-state index contributed by atoms with van der Waals surface area (Å²) >= 11 is 2.11. The average Bonchev–Trinajstić information content (AvgIpc) is 2.97. The van der Waals surface area contributed by atoms with Crippen molar-refractivity contribution >= 4 is 51.3 Å². The number of para-hydroxylation sites is 1. The summed E-state index contributed by atoms with van der Waals surface area (Å²) in [5, 5.41) is 7.76. The first kappa shape index (κ1) is 28.7. The maximum atomic E-state index is 13.5. The van der Waals surface area contributed by atoms with E-state index in [4.69, 9.17) is 14.5 Å². The Balaban J connectivity index is 1.41. The van der Waals surface area contributed by atoms with E-state index in [0.717, 1.165) is 25.7 Å². The zero-order valence-corrected chi connectivity index (χ0v) is 24.8. The highest BCUT2D eigenvalue weighted by atomic mass is 127. The van der Waals surface area contributed by atoms with Gasteiger partial charge in [-0.05, 0) is 90.4 Å². The van der Waals surface area contributed by atoms with Crippen molar-refractivity contribution in [2.75, 3.05) is 18.5 Å². The summed E-state index contributed by atoms with van der Waals surface area (Å²) in [6.45, 7) is 1.94. The zero-order valence-electron chi connectivity index (χ0n) is 22.6. The second kappa shape index (κ2) is 13.2.